The van der Waals surface area contributed by atoms with Crippen LogP contribution < -0.4 is 5.32 Å². The van der Waals surface area contributed by atoms with E-state index in [1.165, 1.54) is 0 Å². The Morgan fingerprint density at radius 1 is 1.37 bits per heavy atom. The Balaban J connectivity index is 2.83. The fourth-order valence-corrected chi connectivity index (χ4v) is 1.73. The molecule has 1 fully saturated rings. The van der Waals surface area contributed by atoms with Gasteiger partial charge < -0.3 is 14.9 Å². The summed E-state index contributed by atoms with van der Waals surface area (Å²) in [5, 5.41) is 10.9. The monoisotopic (exact) mass is 271 g/mol. The Labute approximate surface area is 110 Å². The van der Waals surface area contributed by atoms with Crippen molar-refractivity contribution in [3.05, 3.63) is 0 Å². The first-order chi connectivity index (χ1) is 8.85. The molecule has 0 radical (unpaired) electrons. The predicted molar refractivity (Wildman–Crippen MR) is 64.2 cm³/mol. The highest BCUT2D eigenvalue weighted by molar-refractivity contribution is 6.02. The smallest absolute Gasteiger partial charge is 0.323 e. The lowest BCUT2D eigenvalue weighted by molar-refractivity contribution is -0.138. The number of amides is 4. The van der Waals surface area contributed by atoms with Gasteiger partial charge in [0.15, 0.2) is 0 Å². The maximum atomic E-state index is 12.2. The summed E-state index contributed by atoms with van der Waals surface area (Å²) >= 11 is 0. The molecule has 0 aliphatic carbocycles. The Morgan fingerprint density at radius 3 is 2.32 bits per heavy atom. The van der Waals surface area contributed by atoms with E-state index in [1.54, 1.807) is 6.92 Å². The van der Waals surface area contributed by atoms with Crippen LogP contribution in [-0.4, -0.2) is 64.4 Å². The van der Waals surface area contributed by atoms with Crippen LogP contribution in [0.1, 0.15) is 20.3 Å². The molecule has 8 nitrogen and oxygen atoms in total. The van der Waals surface area contributed by atoms with Crippen LogP contribution in [0.4, 0.5) is 4.79 Å². The maximum absolute atomic E-state index is 12.2. The number of hydrogen-bond acceptors (Lipinski definition) is 4. The number of carboxylic acids is 1. The van der Waals surface area contributed by atoms with E-state index in [4.69, 9.17) is 5.11 Å². The Bertz CT molecular complexity index is 393. The minimum atomic E-state index is -1.14. The molecule has 1 rings (SSSR count). The van der Waals surface area contributed by atoms with Gasteiger partial charge in [-0.1, -0.05) is 6.92 Å². The van der Waals surface area contributed by atoms with E-state index in [0.29, 0.717) is 6.42 Å². The summed E-state index contributed by atoms with van der Waals surface area (Å²) in [6, 6.07) is -0.899. The molecule has 1 aliphatic heterocycles. The molecule has 1 saturated heterocycles. The largest absolute Gasteiger partial charge is 0.480 e. The van der Waals surface area contributed by atoms with Gasteiger partial charge in [-0.15, -0.1) is 0 Å². The molecule has 19 heavy (non-hydrogen) atoms. The number of piperazine rings is 1. The number of urea groups is 1. The van der Waals surface area contributed by atoms with Crippen molar-refractivity contribution in [3.63, 3.8) is 0 Å². The summed E-state index contributed by atoms with van der Waals surface area (Å²) in [7, 11) is 0. The number of carbonyl (C=O) groups is 4. The first-order valence-electron chi connectivity index (χ1n) is 5.95. The molecule has 2 N–H and O–H groups in total. The Kier molecular flexibility index (Phi) is 4.85. The Morgan fingerprint density at radius 2 is 1.89 bits per heavy atom. The minimum absolute atomic E-state index is 0.239. The summed E-state index contributed by atoms with van der Waals surface area (Å²) in [6.45, 7) is 2.60. The summed E-state index contributed by atoms with van der Waals surface area (Å²) in [4.78, 5) is 47.6. The molecule has 0 bridgehead atoms. The number of rotatable bonds is 4. The molecule has 1 heterocycles. The van der Waals surface area contributed by atoms with E-state index in [-0.39, 0.29) is 19.1 Å². The van der Waals surface area contributed by atoms with Crippen molar-refractivity contribution >= 4 is 23.8 Å². The van der Waals surface area contributed by atoms with E-state index in [9.17, 15) is 19.2 Å². The molecule has 1 unspecified atom stereocenters. The summed E-state index contributed by atoms with van der Waals surface area (Å²) in [5.41, 5.74) is 0. The molecule has 4 amide bonds. The van der Waals surface area contributed by atoms with Gasteiger partial charge in [-0.2, -0.15) is 0 Å². The van der Waals surface area contributed by atoms with Crippen molar-refractivity contribution < 1.29 is 24.3 Å². The number of nitrogens with zero attached hydrogens (tertiary/aromatic N) is 2. The summed E-state index contributed by atoms with van der Waals surface area (Å²) in [5.74, 6) is -2.27. The average molecular weight is 271 g/mol. The average Bonchev–Trinajstić information content (AvgIpc) is 2.32. The number of carbonyl (C=O) groups excluding carboxylic acids is 3. The highest BCUT2D eigenvalue weighted by Crippen LogP contribution is 2.09. The van der Waals surface area contributed by atoms with Gasteiger partial charge in [0.1, 0.15) is 19.6 Å². The van der Waals surface area contributed by atoms with E-state index >= 15 is 0 Å². The molecule has 1 aliphatic rings. The van der Waals surface area contributed by atoms with Crippen molar-refractivity contribution in [2.45, 2.75) is 26.3 Å². The van der Waals surface area contributed by atoms with Crippen LogP contribution in [0, 0.1) is 0 Å². The summed E-state index contributed by atoms with van der Waals surface area (Å²) in [6.07, 6.45) is 0.576. The number of carboxylic acid groups (broad SMARTS) is 1. The zero-order valence-corrected chi connectivity index (χ0v) is 10.9. The lowest BCUT2D eigenvalue weighted by Gasteiger charge is -2.34. The fraction of sp³-hybridized carbons (Fsp3) is 0.636. The van der Waals surface area contributed by atoms with Crippen molar-refractivity contribution in [2.24, 2.45) is 0 Å². The van der Waals surface area contributed by atoms with E-state index in [0.717, 1.165) is 9.80 Å². The van der Waals surface area contributed by atoms with E-state index in [1.807, 2.05) is 6.92 Å². The zero-order chi connectivity index (χ0) is 14.6. The molecule has 1 atom stereocenters. The van der Waals surface area contributed by atoms with Gasteiger partial charge in [0.05, 0.1) is 0 Å². The first kappa shape index (κ1) is 14.9. The quantitative estimate of drug-likeness (QED) is 0.654. The van der Waals surface area contributed by atoms with Crippen LogP contribution in [0.15, 0.2) is 0 Å². The number of imide groups is 1. The normalized spacial score (nSPS) is 16.8. The number of hydrogen-bond donors (Lipinski definition) is 2. The lowest BCUT2D eigenvalue weighted by Crippen LogP contribution is -2.58. The number of nitrogens with one attached hydrogen (secondary N) is 1. The van der Waals surface area contributed by atoms with Gasteiger partial charge in [0.25, 0.3) is 0 Å². The molecule has 0 aromatic heterocycles. The second-order valence-corrected chi connectivity index (χ2v) is 4.39. The standard InChI is InChI=1S/C11H17N3O5/c1-3-7(2)14(6-10(17)18)11(19)13-4-8(15)12-9(16)5-13/h7H,3-6H2,1-2H3,(H,17,18)(H,12,15,16). The van der Waals surface area contributed by atoms with Gasteiger partial charge in [-0.05, 0) is 13.3 Å². The highest BCUT2D eigenvalue weighted by atomic mass is 16.4. The maximum Gasteiger partial charge on any atom is 0.323 e. The Hall–Kier alpha value is -2.12. The third kappa shape index (κ3) is 3.94. The third-order valence-corrected chi connectivity index (χ3v) is 2.89. The first-order valence-corrected chi connectivity index (χ1v) is 5.95. The van der Waals surface area contributed by atoms with Crippen LogP contribution in [0.2, 0.25) is 0 Å². The van der Waals surface area contributed by atoms with E-state index in [2.05, 4.69) is 5.32 Å². The molecule has 0 aromatic rings. The van der Waals surface area contributed by atoms with Gasteiger partial charge in [0, 0.05) is 6.04 Å². The molecule has 0 spiro atoms. The fourth-order valence-electron chi connectivity index (χ4n) is 1.73. The highest BCUT2D eigenvalue weighted by Gasteiger charge is 2.32. The van der Waals surface area contributed by atoms with Crippen molar-refractivity contribution in [1.29, 1.82) is 0 Å². The van der Waals surface area contributed by atoms with Crippen molar-refractivity contribution in [2.75, 3.05) is 19.6 Å². The molecule has 106 valence electrons. The molecule has 8 heteroatoms. The van der Waals surface area contributed by atoms with Gasteiger partial charge >= 0.3 is 12.0 Å². The van der Waals surface area contributed by atoms with Crippen LogP contribution in [0.3, 0.4) is 0 Å². The molecule has 0 aromatic carbocycles. The van der Waals surface area contributed by atoms with Crippen LogP contribution in [0.5, 0.6) is 0 Å². The second kappa shape index (κ2) is 6.17. The van der Waals surface area contributed by atoms with Crippen molar-refractivity contribution in [1.82, 2.24) is 15.1 Å². The number of aliphatic carboxylic acids is 1. The van der Waals surface area contributed by atoms with Crippen LogP contribution in [0.25, 0.3) is 0 Å². The van der Waals surface area contributed by atoms with Crippen LogP contribution >= 0.6 is 0 Å². The lowest BCUT2D eigenvalue weighted by atomic mass is 10.2. The minimum Gasteiger partial charge on any atom is -0.480 e. The topological polar surface area (TPSA) is 107 Å². The van der Waals surface area contributed by atoms with Crippen LogP contribution in [-0.2, 0) is 14.4 Å². The predicted octanol–water partition coefficient (Wildman–Crippen LogP) is -0.750. The van der Waals surface area contributed by atoms with Crippen molar-refractivity contribution in [3.8, 4) is 0 Å². The van der Waals surface area contributed by atoms with E-state index < -0.39 is 30.4 Å². The molecular formula is C11H17N3O5. The SMILES string of the molecule is CCC(C)N(CC(=O)O)C(=O)N1CC(=O)NC(=O)C1. The molecular weight excluding hydrogens is 254 g/mol. The second-order valence-electron chi connectivity index (χ2n) is 4.39. The third-order valence-electron chi connectivity index (χ3n) is 2.89. The summed E-state index contributed by atoms with van der Waals surface area (Å²) < 4.78 is 0. The van der Waals surface area contributed by atoms with Gasteiger partial charge in [0.2, 0.25) is 11.8 Å². The van der Waals surface area contributed by atoms with Gasteiger partial charge in [-0.25, -0.2) is 4.79 Å². The zero-order valence-electron chi connectivity index (χ0n) is 10.9. The molecule has 0 saturated carbocycles. The van der Waals surface area contributed by atoms with Gasteiger partial charge in [-0.3, -0.25) is 19.7 Å².